The maximum atomic E-state index is 13.5. The highest BCUT2D eigenvalue weighted by atomic mass is 16.5. The van der Waals surface area contributed by atoms with Crippen LogP contribution in [0.1, 0.15) is 33.6 Å². The second kappa shape index (κ2) is 8.52. The Kier molecular flexibility index (Phi) is 5.99. The van der Waals surface area contributed by atoms with E-state index in [1.807, 2.05) is 0 Å². The zero-order valence-electron chi connectivity index (χ0n) is 20.1. The molecule has 4 rings (SSSR count). The van der Waals surface area contributed by atoms with Crippen LogP contribution in [0.15, 0.2) is 69.3 Å². The van der Waals surface area contributed by atoms with Gasteiger partial charge >= 0.3 is 5.97 Å². The van der Waals surface area contributed by atoms with Crippen LogP contribution in [0.2, 0.25) is 0 Å². The average Bonchev–Trinajstić information content (AvgIpc) is 2.79. The SMILES string of the molecule is C=C1C(C)=C(OC)C(=O)C2=C1C[C@H]1C3=C(C[C@H](O)N1[C@H]2COC(C)=O)C(=O)C(C)=C(OC)C3=C. The largest absolute Gasteiger partial charge is 0.496 e. The first-order valence-electron chi connectivity index (χ1n) is 11.1. The molecule has 0 aromatic rings. The molecule has 2 heterocycles. The number of hydrogen-bond donors (Lipinski definition) is 1. The zero-order chi connectivity index (χ0) is 25.1. The number of rotatable bonds is 4. The highest BCUT2D eigenvalue weighted by molar-refractivity contribution is 6.13. The van der Waals surface area contributed by atoms with Crippen LogP contribution in [0.25, 0.3) is 0 Å². The smallest absolute Gasteiger partial charge is 0.302 e. The van der Waals surface area contributed by atoms with Crippen LogP contribution in [0.4, 0.5) is 0 Å². The number of aliphatic hydroxyl groups is 1. The van der Waals surface area contributed by atoms with Gasteiger partial charge in [-0.3, -0.25) is 19.3 Å². The quantitative estimate of drug-likeness (QED) is 0.629. The van der Waals surface area contributed by atoms with Crippen molar-refractivity contribution >= 4 is 17.5 Å². The number of carbonyl (C=O) groups excluding carboxylic acids is 3. The van der Waals surface area contributed by atoms with Crippen LogP contribution in [0.5, 0.6) is 0 Å². The summed E-state index contributed by atoms with van der Waals surface area (Å²) in [7, 11) is 2.92. The van der Waals surface area contributed by atoms with Crippen LogP contribution in [-0.4, -0.2) is 66.7 Å². The molecule has 3 atom stereocenters. The molecule has 180 valence electrons. The lowest BCUT2D eigenvalue weighted by atomic mass is 9.70. The summed E-state index contributed by atoms with van der Waals surface area (Å²) >= 11 is 0. The van der Waals surface area contributed by atoms with Gasteiger partial charge in [-0.15, -0.1) is 0 Å². The van der Waals surface area contributed by atoms with Crippen molar-refractivity contribution in [1.29, 1.82) is 0 Å². The summed E-state index contributed by atoms with van der Waals surface area (Å²) in [5, 5.41) is 11.2. The van der Waals surface area contributed by atoms with Crippen molar-refractivity contribution < 1.29 is 33.7 Å². The van der Waals surface area contributed by atoms with Gasteiger partial charge in [0.15, 0.2) is 11.5 Å². The Morgan fingerprint density at radius 3 is 2.21 bits per heavy atom. The van der Waals surface area contributed by atoms with E-state index >= 15 is 0 Å². The van der Waals surface area contributed by atoms with Crippen molar-refractivity contribution in [3.05, 3.63) is 69.3 Å². The normalized spacial score (nSPS) is 27.6. The minimum absolute atomic E-state index is 0.0539. The molecule has 0 spiro atoms. The van der Waals surface area contributed by atoms with Gasteiger partial charge < -0.3 is 19.3 Å². The molecule has 8 nitrogen and oxygen atoms in total. The molecular weight excluding hydrogens is 438 g/mol. The lowest BCUT2D eigenvalue weighted by molar-refractivity contribution is -0.145. The van der Waals surface area contributed by atoms with Crippen LogP contribution in [-0.2, 0) is 28.6 Å². The predicted octanol–water partition coefficient (Wildman–Crippen LogP) is 2.43. The summed E-state index contributed by atoms with van der Waals surface area (Å²) in [5.74, 6) is -0.428. The molecular formula is C26H29NO7. The van der Waals surface area contributed by atoms with Gasteiger partial charge in [-0.25, -0.2) is 0 Å². The van der Waals surface area contributed by atoms with Gasteiger partial charge in [-0.1, -0.05) is 13.2 Å². The van der Waals surface area contributed by atoms with E-state index in [0.717, 1.165) is 0 Å². The molecule has 0 aromatic carbocycles. The minimum atomic E-state index is -1.08. The molecule has 8 heteroatoms. The Labute approximate surface area is 198 Å². The van der Waals surface area contributed by atoms with Crippen LogP contribution in [0.3, 0.4) is 0 Å². The van der Waals surface area contributed by atoms with Crippen molar-refractivity contribution in [1.82, 2.24) is 4.90 Å². The average molecular weight is 468 g/mol. The number of methoxy groups -OCH3 is 2. The standard InChI is InChI=1S/C26H29NO7/c1-11-12(2)26(33-7)24(31)22-16(11)8-18-21-13(3)25(32-6)14(4)23(30)17(21)9-20(29)27(18)19(22)10-34-15(5)28/h18-20,29H,1,3,8-10H2,2,4-7H3/t18-,19-,20-/m0/s1. The second-order valence-electron chi connectivity index (χ2n) is 8.89. The van der Waals surface area contributed by atoms with Gasteiger partial charge in [0.05, 0.1) is 20.3 Å². The number of hydrogen-bond acceptors (Lipinski definition) is 8. The number of Topliss-reactive ketones (excluding diaryl/α,β-unsaturated/α-hetero) is 2. The van der Waals surface area contributed by atoms with Crippen molar-refractivity contribution in [2.24, 2.45) is 0 Å². The van der Waals surface area contributed by atoms with Gasteiger partial charge in [0.2, 0.25) is 5.78 Å². The Morgan fingerprint density at radius 2 is 1.62 bits per heavy atom. The third kappa shape index (κ3) is 3.32. The second-order valence-corrected chi connectivity index (χ2v) is 8.89. The molecule has 0 unspecified atom stereocenters. The molecule has 34 heavy (non-hydrogen) atoms. The molecule has 0 radical (unpaired) electrons. The van der Waals surface area contributed by atoms with Crippen LogP contribution in [0, 0.1) is 0 Å². The molecule has 2 aliphatic carbocycles. The molecule has 4 aliphatic rings. The van der Waals surface area contributed by atoms with E-state index in [1.54, 1.807) is 18.7 Å². The topological polar surface area (TPSA) is 102 Å². The highest BCUT2D eigenvalue weighted by Crippen LogP contribution is 2.49. The Balaban J connectivity index is 1.90. The monoisotopic (exact) mass is 467 g/mol. The number of fused-ring (bicyclic) bond motifs is 2. The predicted molar refractivity (Wildman–Crippen MR) is 123 cm³/mol. The van der Waals surface area contributed by atoms with Crippen molar-refractivity contribution in [3.63, 3.8) is 0 Å². The first-order chi connectivity index (χ1) is 16.0. The summed E-state index contributed by atoms with van der Waals surface area (Å²) in [6.45, 7) is 13.0. The lowest BCUT2D eigenvalue weighted by Gasteiger charge is -2.51. The van der Waals surface area contributed by atoms with Gasteiger partial charge in [-0.05, 0) is 37.0 Å². The molecule has 0 aromatic heterocycles. The number of allylic oxidation sites excluding steroid dienone is 5. The van der Waals surface area contributed by atoms with Gasteiger partial charge in [0.1, 0.15) is 18.6 Å². The maximum Gasteiger partial charge on any atom is 0.302 e. The molecule has 1 N–H and O–H groups in total. The molecule has 2 aliphatic heterocycles. The van der Waals surface area contributed by atoms with Crippen molar-refractivity contribution in [2.75, 3.05) is 20.8 Å². The zero-order valence-corrected chi connectivity index (χ0v) is 20.1. The lowest BCUT2D eigenvalue weighted by Crippen LogP contribution is -2.60. The first-order valence-corrected chi connectivity index (χ1v) is 11.1. The summed E-state index contributed by atoms with van der Waals surface area (Å²) in [5.41, 5.74) is 4.55. The Bertz CT molecular complexity index is 1180. The molecule has 0 bridgehead atoms. The van der Waals surface area contributed by atoms with Crippen LogP contribution < -0.4 is 0 Å². The summed E-state index contributed by atoms with van der Waals surface area (Å²) in [6, 6.07) is -1.25. The first kappa shape index (κ1) is 23.9. The van der Waals surface area contributed by atoms with Crippen LogP contribution >= 0.6 is 0 Å². The minimum Gasteiger partial charge on any atom is -0.496 e. The third-order valence-electron chi connectivity index (χ3n) is 7.18. The van der Waals surface area contributed by atoms with E-state index in [4.69, 9.17) is 14.2 Å². The van der Waals surface area contributed by atoms with Gasteiger partial charge in [0, 0.05) is 47.3 Å². The maximum absolute atomic E-state index is 13.5. The van der Waals surface area contributed by atoms with Gasteiger partial charge in [-0.2, -0.15) is 0 Å². The van der Waals surface area contributed by atoms with Crippen molar-refractivity contribution in [2.45, 2.75) is 51.9 Å². The Morgan fingerprint density at radius 1 is 0.971 bits per heavy atom. The number of ether oxygens (including phenoxy) is 3. The fourth-order valence-electron chi connectivity index (χ4n) is 5.64. The number of ketones is 2. The van der Waals surface area contributed by atoms with E-state index in [2.05, 4.69) is 13.2 Å². The molecule has 0 saturated heterocycles. The fraction of sp³-hybridized carbons (Fsp3) is 0.423. The summed E-state index contributed by atoms with van der Waals surface area (Å²) in [6.07, 6.45) is -0.701. The van der Waals surface area contributed by atoms with E-state index in [9.17, 15) is 19.5 Å². The van der Waals surface area contributed by atoms with E-state index in [-0.39, 0.29) is 30.4 Å². The number of esters is 1. The van der Waals surface area contributed by atoms with Gasteiger partial charge in [0.25, 0.3) is 0 Å². The third-order valence-corrected chi connectivity index (χ3v) is 7.18. The summed E-state index contributed by atoms with van der Waals surface area (Å²) < 4.78 is 16.2. The van der Waals surface area contributed by atoms with E-state index in [0.29, 0.717) is 56.8 Å². The fourth-order valence-corrected chi connectivity index (χ4v) is 5.64. The summed E-state index contributed by atoms with van der Waals surface area (Å²) in [4.78, 5) is 40.1. The van der Waals surface area contributed by atoms with E-state index in [1.165, 1.54) is 21.1 Å². The molecule has 0 amide bonds. The Hall–Kier alpha value is -3.23. The van der Waals surface area contributed by atoms with Crippen molar-refractivity contribution in [3.8, 4) is 0 Å². The number of nitrogens with zero attached hydrogens (tertiary/aromatic N) is 1. The molecule has 0 saturated carbocycles. The number of aliphatic hydroxyl groups excluding tert-OH is 1. The number of carbonyl (C=O) groups is 3. The highest BCUT2D eigenvalue weighted by Gasteiger charge is 2.51. The molecule has 0 fully saturated rings. The van der Waals surface area contributed by atoms with E-state index < -0.39 is 24.3 Å².